The third kappa shape index (κ3) is 5.11. The highest BCUT2D eigenvalue weighted by Crippen LogP contribution is 2.39. The number of hydrogen-bond donors (Lipinski definition) is 1. The Hall–Kier alpha value is -3.33. The Kier molecular flexibility index (Phi) is 7.00. The van der Waals surface area contributed by atoms with E-state index in [1.807, 2.05) is 61.5 Å². The number of nitrogens with zero attached hydrogens (tertiary/aromatic N) is 2. The molecule has 1 aromatic heterocycles. The van der Waals surface area contributed by atoms with Gasteiger partial charge in [0.2, 0.25) is 10.0 Å². The second kappa shape index (κ2) is 10.3. The van der Waals surface area contributed by atoms with E-state index in [2.05, 4.69) is 5.32 Å². The molecule has 1 fully saturated rings. The SMILES string of the molecule is Cc1ccc(-c2nc(NC(=O)c3ccc(S(=O)(=O)N4CCCCC4)cc3)sc2-c2ccccc2)cc1. The minimum atomic E-state index is -3.54. The average Bonchev–Trinajstić information content (AvgIpc) is 3.34. The summed E-state index contributed by atoms with van der Waals surface area (Å²) < 4.78 is 27.3. The Morgan fingerprint density at radius 1 is 0.861 bits per heavy atom. The summed E-state index contributed by atoms with van der Waals surface area (Å²) in [6, 6.07) is 24.2. The number of aryl methyl sites for hydroxylation is 1. The van der Waals surface area contributed by atoms with Crippen LogP contribution in [0.1, 0.15) is 35.2 Å². The summed E-state index contributed by atoms with van der Waals surface area (Å²) in [5.74, 6) is -0.333. The van der Waals surface area contributed by atoms with Crippen molar-refractivity contribution < 1.29 is 13.2 Å². The Labute approximate surface area is 215 Å². The minimum Gasteiger partial charge on any atom is -0.298 e. The third-order valence-electron chi connectivity index (χ3n) is 6.28. The van der Waals surface area contributed by atoms with E-state index >= 15 is 0 Å². The fraction of sp³-hybridized carbons (Fsp3) is 0.214. The van der Waals surface area contributed by atoms with Crippen molar-refractivity contribution in [3.05, 3.63) is 90.0 Å². The zero-order valence-electron chi connectivity index (χ0n) is 20.0. The molecule has 1 N–H and O–H groups in total. The number of rotatable bonds is 6. The van der Waals surface area contributed by atoms with Gasteiger partial charge in [-0.1, -0.05) is 77.9 Å². The molecule has 1 aliphatic rings. The summed E-state index contributed by atoms with van der Waals surface area (Å²) in [5, 5.41) is 3.39. The van der Waals surface area contributed by atoms with Gasteiger partial charge in [-0.05, 0) is 49.6 Å². The highest BCUT2D eigenvalue weighted by atomic mass is 32.2. The van der Waals surface area contributed by atoms with Crippen LogP contribution >= 0.6 is 11.3 Å². The van der Waals surface area contributed by atoms with E-state index in [0.717, 1.165) is 46.5 Å². The molecule has 0 atom stereocenters. The molecule has 2 heterocycles. The maximum Gasteiger partial charge on any atom is 0.257 e. The Balaban J connectivity index is 1.39. The molecule has 0 saturated carbocycles. The van der Waals surface area contributed by atoms with Crippen LogP contribution in [0.5, 0.6) is 0 Å². The van der Waals surface area contributed by atoms with Crippen molar-refractivity contribution in [1.82, 2.24) is 9.29 Å². The summed E-state index contributed by atoms with van der Waals surface area (Å²) in [6.45, 7) is 3.13. The number of aromatic nitrogens is 1. The molecule has 36 heavy (non-hydrogen) atoms. The van der Waals surface area contributed by atoms with Crippen molar-refractivity contribution in [2.45, 2.75) is 31.1 Å². The molecule has 184 valence electrons. The minimum absolute atomic E-state index is 0.211. The van der Waals surface area contributed by atoms with Crippen LogP contribution in [-0.4, -0.2) is 36.7 Å². The molecular formula is C28H27N3O3S2. The van der Waals surface area contributed by atoms with Gasteiger partial charge in [-0.15, -0.1) is 0 Å². The van der Waals surface area contributed by atoms with Crippen LogP contribution in [-0.2, 0) is 10.0 Å². The first-order chi connectivity index (χ1) is 17.4. The molecule has 0 bridgehead atoms. The Morgan fingerprint density at radius 2 is 1.53 bits per heavy atom. The van der Waals surface area contributed by atoms with Crippen molar-refractivity contribution >= 4 is 32.4 Å². The molecule has 1 saturated heterocycles. The van der Waals surface area contributed by atoms with Crippen LogP contribution in [0, 0.1) is 6.92 Å². The van der Waals surface area contributed by atoms with Crippen molar-refractivity contribution in [2.24, 2.45) is 0 Å². The molecule has 0 aliphatic carbocycles. The third-order valence-corrected chi connectivity index (χ3v) is 9.21. The van der Waals surface area contributed by atoms with Gasteiger partial charge in [0.05, 0.1) is 15.5 Å². The highest BCUT2D eigenvalue weighted by Gasteiger charge is 2.26. The fourth-order valence-electron chi connectivity index (χ4n) is 4.27. The topological polar surface area (TPSA) is 79.4 Å². The van der Waals surface area contributed by atoms with Crippen molar-refractivity contribution in [1.29, 1.82) is 0 Å². The first-order valence-corrected chi connectivity index (χ1v) is 14.2. The van der Waals surface area contributed by atoms with Gasteiger partial charge in [0.1, 0.15) is 0 Å². The van der Waals surface area contributed by atoms with Crippen LogP contribution in [0.3, 0.4) is 0 Å². The van der Waals surface area contributed by atoms with E-state index in [-0.39, 0.29) is 10.8 Å². The molecule has 0 spiro atoms. The first kappa shape index (κ1) is 24.4. The first-order valence-electron chi connectivity index (χ1n) is 12.0. The van der Waals surface area contributed by atoms with Crippen molar-refractivity contribution in [2.75, 3.05) is 18.4 Å². The van der Waals surface area contributed by atoms with E-state index in [0.29, 0.717) is 23.8 Å². The molecule has 5 rings (SSSR count). The highest BCUT2D eigenvalue weighted by molar-refractivity contribution is 7.89. The number of piperidine rings is 1. The van der Waals surface area contributed by atoms with E-state index in [9.17, 15) is 13.2 Å². The van der Waals surface area contributed by atoms with Gasteiger partial charge in [0.15, 0.2) is 5.13 Å². The molecular weight excluding hydrogens is 490 g/mol. The second-order valence-electron chi connectivity index (χ2n) is 8.87. The van der Waals surface area contributed by atoms with Gasteiger partial charge in [0.25, 0.3) is 5.91 Å². The lowest BCUT2D eigenvalue weighted by molar-refractivity contribution is 0.102. The van der Waals surface area contributed by atoms with Gasteiger partial charge < -0.3 is 0 Å². The van der Waals surface area contributed by atoms with Crippen LogP contribution in [0.15, 0.2) is 83.8 Å². The monoisotopic (exact) mass is 517 g/mol. The van der Waals surface area contributed by atoms with Crippen LogP contribution in [0.25, 0.3) is 21.7 Å². The van der Waals surface area contributed by atoms with Gasteiger partial charge in [-0.2, -0.15) is 4.31 Å². The zero-order chi connectivity index (χ0) is 25.1. The molecule has 8 heteroatoms. The number of sulfonamides is 1. The number of carbonyl (C=O) groups excluding carboxylic acids is 1. The molecule has 3 aromatic carbocycles. The largest absolute Gasteiger partial charge is 0.298 e. The van der Waals surface area contributed by atoms with E-state index in [4.69, 9.17) is 4.98 Å². The van der Waals surface area contributed by atoms with Gasteiger partial charge in [-0.25, -0.2) is 13.4 Å². The van der Waals surface area contributed by atoms with E-state index in [1.54, 1.807) is 12.1 Å². The number of carbonyl (C=O) groups is 1. The molecule has 1 aliphatic heterocycles. The summed E-state index contributed by atoms with van der Waals surface area (Å²) in [6.07, 6.45) is 2.81. The average molecular weight is 518 g/mol. The Morgan fingerprint density at radius 3 is 2.19 bits per heavy atom. The van der Waals surface area contributed by atoms with Crippen molar-refractivity contribution in [3.8, 4) is 21.7 Å². The molecule has 6 nitrogen and oxygen atoms in total. The summed E-state index contributed by atoms with van der Waals surface area (Å²) in [5.41, 5.74) is 4.35. The molecule has 4 aromatic rings. The van der Waals surface area contributed by atoms with Gasteiger partial charge in [0, 0.05) is 24.2 Å². The lowest BCUT2D eigenvalue weighted by Gasteiger charge is -2.25. The standard InChI is InChI=1S/C28H27N3O3S2/c1-20-10-12-21(13-11-20)25-26(22-8-4-2-5-9-22)35-28(29-25)30-27(32)23-14-16-24(17-15-23)36(33,34)31-18-6-3-7-19-31/h2,4-5,8-17H,3,6-7,18-19H2,1H3,(H,29,30,32). The van der Waals surface area contributed by atoms with Gasteiger partial charge in [-0.3, -0.25) is 10.1 Å². The number of amides is 1. The zero-order valence-corrected chi connectivity index (χ0v) is 21.6. The lowest BCUT2D eigenvalue weighted by Crippen LogP contribution is -2.35. The summed E-state index contributed by atoms with van der Waals surface area (Å²) in [7, 11) is -3.54. The van der Waals surface area contributed by atoms with Crippen LogP contribution in [0.2, 0.25) is 0 Å². The number of benzene rings is 3. The Bertz CT molecular complexity index is 1460. The summed E-state index contributed by atoms with van der Waals surface area (Å²) in [4.78, 5) is 18.9. The normalized spacial score (nSPS) is 14.5. The number of hydrogen-bond acceptors (Lipinski definition) is 5. The number of anilines is 1. The molecule has 0 unspecified atom stereocenters. The smallest absolute Gasteiger partial charge is 0.257 e. The summed E-state index contributed by atoms with van der Waals surface area (Å²) >= 11 is 1.42. The van der Waals surface area contributed by atoms with Gasteiger partial charge >= 0.3 is 0 Å². The lowest BCUT2D eigenvalue weighted by atomic mass is 10.1. The van der Waals surface area contributed by atoms with Crippen LogP contribution < -0.4 is 5.32 Å². The number of nitrogens with one attached hydrogen (secondary N) is 1. The van der Waals surface area contributed by atoms with E-state index in [1.165, 1.54) is 27.8 Å². The maximum atomic E-state index is 13.0. The quantitative estimate of drug-likeness (QED) is 0.330. The van der Waals surface area contributed by atoms with Crippen LogP contribution in [0.4, 0.5) is 5.13 Å². The molecule has 1 amide bonds. The van der Waals surface area contributed by atoms with Crippen molar-refractivity contribution in [3.63, 3.8) is 0 Å². The maximum absolute atomic E-state index is 13.0. The molecule has 0 radical (unpaired) electrons. The van der Waals surface area contributed by atoms with E-state index < -0.39 is 10.0 Å². The fourth-order valence-corrected chi connectivity index (χ4v) is 6.77. The predicted molar refractivity (Wildman–Crippen MR) is 145 cm³/mol. The predicted octanol–water partition coefficient (Wildman–Crippen LogP) is 6.21. The number of thiazole rings is 1. The second-order valence-corrected chi connectivity index (χ2v) is 11.8.